The third-order valence-corrected chi connectivity index (χ3v) is 4.81. The summed E-state index contributed by atoms with van der Waals surface area (Å²) in [5, 5.41) is 4.08. The van der Waals surface area contributed by atoms with Crippen LogP contribution in [0.15, 0.2) is 35.2 Å². The third kappa shape index (κ3) is 3.42. The van der Waals surface area contributed by atoms with Gasteiger partial charge in [0.15, 0.2) is 0 Å². The Morgan fingerprint density at radius 3 is 2.27 bits per heavy atom. The molecule has 1 aromatic carbocycles. The molecule has 0 spiro atoms. The fourth-order valence-electron chi connectivity index (χ4n) is 2.10. The molecule has 0 aliphatic heterocycles. The Bertz CT molecular complexity index is 792. The lowest BCUT2D eigenvalue weighted by Crippen LogP contribution is -2.41. The third-order valence-electron chi connectivity index (χ3n) is 3.25. The smallest absolute Gasteiger partial charge is 0.264 e. The van der Waals surface area contributed by atoms with Crippen molar-refractivity contribution in [3.8, 4) is 0 Å². The molecule has 1 N–H and O–H groups in total. The summed E-state index contributed by atoms with van der Waals surface area (Å²) in [6, 6.07) is 7.30. The highest BCUT2D eigenvalue weighted by Gasteiger charge is 2.24. The maximum absolute atomic E-state index is 12.3. The molecule has 6 nitrogen and oxygen atoms in total. The van der Waals surface area contributed by atoms with E-state index in [4.69, 9.17) is 0 Å². The van der Waals surface area contributed by atoms with E-state index in [9.17, 15) is 13.2 Å². The highest BCUT2D eigenvalue weighted by atomic mass is 32.2. The van der Waals surface area contributed by atoms with Crippen LogP contribution in [-0.2, 0) is 10.0 Å². The zero-order valence-corrected chi connectivity index (χ0v) is 13.8. The van der Waals surface area contributed by atoms with Gasteiger partial charge in [-0.05, 0) is 45.9 Å². The molecule has 2 rings (SSSR count). The van der Waals surface area contributed by atoms with Gasteiger partial charge in [-0.25, -0.2) is 13.1 Å². The van der Waals surface area contributed by atoms with Crippen molar-refractivity contribution in [3.05, 3.63) is 47.3 Å². The van der Waals surface area contributed by atoms with Crippen molar-refractivity contribution in [1.82, 2.24) is 14.5 Å². The summed E-state index contributed by atoms with van der Waals surface area (Å²) in [6.07, 6.45) is 0. The van der Waals surface area contributed by atoms with E-state index < -0.39 is 22.0 Å². The number of nitrogens with zero attached hydrogens (tertiary/aromatic N) is 2. The molecule has 1 atom stereocenters. The molecule has 0 aliphatic carbocycles. The van der Waals surface area contributed by atoms with Gasteiger partial charge in [0.05, 0.1) is 10.6 Å². The minimum Gasteiger partial charge on any atom is -0.271 e. The minimum absolute atomic E-state index is 0.131. The summed E-state index contributed by atoms with van der Waals surface area (Å²) in [6.45, 7) is 6.90. The van der Waals surface area contributed by atoms with Gasteiger partial charge in [-0.15, -0.1) is 0 Å². The number of aryl methyl sites for hydroxylation is 3. The van der Waals surface area contributed by atoms with Gasteiger partial charge in [0, 0.05) is 5.69 Å². The van der Waals surface area contributed by atoms with E-state index >= 15 is 0 Å². The first kappa shape index (κ1) is 16.4. The molecule has 2 aromatic rings. The molecule has 0 radical (unpaired) electrons. The van der Waals surface area contributed by atoms with E-state index in [1.807, 2.05) is 6.92 Å². The van der Waals surface area contributed by atoms with E-state index in [1.54, 1.807) is 32.0 Å². The number of aromatic nitrogens is 2. The molecular formula is C15H19N3O3S. The molecule has 0 saturated heterocycles. The van der Waals surface area contributed by atoms with Crippen molar-refractivity contribution >= 4 is 15.9 Å². The predicted octanol–water partition coefficient (Wildman–Crippen LogP) is 1.82. The number of sulfonamides is 1. The molecule has 0 amide bonds. The largest absolute Gasteiger partial charge is 0.271 e. The minimum atomic E-state index is -3.75. The summed E-state index contributed by atoms with van der Waals surface area (Å²) in [4.78, 5) is 12.4. The zero-order valence-electron chi connectivity index (χ0n) is 13.0. The highest BCUT2D eigenvalue weighted by molar-refractivity contribution is 7.89. The van der Waals surface area contributed by atoms with Crippen molar-refractivity contribution in [2.45, 2.75) is 38.6 Å². The first-order valence-electron chi connectivity index (χ1n) is 6.87. The Morgan fingerprint density at radius 2 is 1.77 bits per heavy atom. The van der Waals surface area contributed by atoms with Crippen LogP contribution in [0.5, 0.6) is 0 Å². The molecule has 0 bridgehead atoms. The maximum Gasteiger partial charge on any atom is 0.264 e. The molecule has 0 fully saturated rings. The number of benzene rings is 1. The fraction of sp³-hybridized carbons (Fsp3) is 0.333. The van der Waals surface area contributed by atoms with Gasteiger partial charge in [-0.1, -0.05) is 17.7 Å². The first-order chi connectivity index (χ1) is 10.2. The number of nitrogens with one attached hydrogen (secondary N) is 1. The summed E-state index contributed by atoms with van der Waals surface area (Å²) in [5.74, 6) is -0.415. The highest BCUT2D eigenvalue weighted by Crippen LogP contribution is 2.11. The molecular weight excluding hydrogens is 302 g/mol. The van der Waals surface area contributed by atoms with Crippen molar-refractivity contribution in [3.63, 3.8) is 0 Å². The first-order valence-corrected chi connectivity index (χ1v) is 8.35. The Labute approximate surface area is 130 Å². The number of carbonyl (C=O) groups excluding carboxylic acids is 1. The molecule has 0 aliphatic rings. The van der Waals surface area contributed by atoms with Gasteiger partial charge in [-0.3, -0.25) is 4.79 Å². The van der Waals surface area contributed by atoms with Gasteiger partial charge in [0.25, 0.3) is 5.91 Å². The average Bonchev–Trinajstić information content (AvgIpc) is 2.76. The quantitative estimate of drug-likeness (QED) is 0.931. The molecule has 1 aromatic heterocycles. The average molecular weight is 321 g/mol. The van der Waals surface area contributed by atoms with Crippen LogP contribution < -0.4 is 4.72 Å². The van der Waals surface area contributed by atoms with E-state index in [1.165, 1.54) is 23.7 Å². The summed E-state index contributed by atoms with van der Waals surface area (Å²) >= 11 is 0. The van der Waals surface area contributed by atoms with Crippen LogP contribution >= 0.6 is 0 Å². The number of rotatable bonds is 4. The zero-order chi connectivity index (χ0) is 16.5. The van der Waals surface area contributed by atoms with Gasteiger partial charge in [0.2, 0.25) is 10.0 Å². The van der Waals surface area contributed by atoms with Crippen molar-refractivity contribution in [2.24, 2.45) is 0 Å². The lowest BCUT2D eigenvalue weighted by Gasteiger charge is -2.14. The van der Waals surface area contributed by atoms with Gasteiger partial charge in [0.1, 0.15) is 6.04 Å². The van der Waals surface area contributed by atoms with Crippen LogP contribution in [0.25, 0.3) is 0 Å². The topological polar surface area (TPSA) is 81.1 Å². The number of hydrogen-bond donors (Lipinski definition) is 1. The van der Waals surface area contributed by atoms with Crippen LogP contribution in [0.3, 0.4) is 0 Å². The van der Waals surface area contributed by atoms with Gasteiger partial charge in [-0.2, -0.15) is 9.82 Å². The summed E-state index contributed by atoms with van der Waals surface area (Å²) < 4.78 is 28.2. The van der Waals surface area contributed by atoms with Crippen LogP contribution in [0.1, 0.15) is 28.7 Å². The normalized spacial score (nSPS) is 13.1. The fourth-order valence-corrected chi connectivity index (χ4v) is 3.30. The summed E-state index contributed by atoms with van der Waals surface area (Å²) in [5.41, 5.74) is 2.34. The second-order valence-electron chi connectivity index (χ2n) is 5.33. The molecule has 22 heavy (non-hydrogen) atoms. The van der Waals surface area contributed by atoms with Crippen LogP contribution in [0, 0.1) is 20.8 Å². The summed E-state index contributed by atoms with van der Waals surface area (Å²) in [7, 11) is -3.75. The van der Waals surface area contributed by atoms with Gasteiger partial charge >= 0.3 is 0 Å². The van der Waals surface area contributed by atoms with E-state index in [-0.39, 0.29) is 4.90 Å². The van der Waals surface area contributed by atoms with E-state index in [2.05, 4.69) is 9.82 Å². The second-order valence-corrected chi connectivity index (χ2v) is 7.05. The Morgan fingerprint density at radius 1 is 1.18 bits per heavy atom. The standard InChI is InChI=1S/C15H19N3O3S/c1-10-5-7-14(8-6-10)22(20,21)17-13(4)15(19)18-12(3)9-11(2)16-18/h5-9,13,17H,1-4H3. The number of carbonyl (C=O) groups is 1. The molecule has 1 unspecified atom stereocenters. The Balaban J connectivity index is 2.20. The van der Waals surface area contributed by atoms with Crippen LogP contribution in [0.4, 0.5) is 0 Å². The molecule has 1 heterocycles. The van der Waals surface area contributed by atoms with Crippen molar-refractivity contribution in [1.29, 1.82) is 0 Å². The monoisotopic (exact) mass is 321 g/mol. The Hall–Kier alpha value is -1.99. The van der Waals surface area contributed by atoms with E-state index in [0.717, 1.165) is 5.56 Å². The molecule has 0 saturated carbocycles. The van der Waals surface area contributed by atoms with Crippen molar-refractivity contribution < 1.29 is 13.2 Å². The lowest BCUT2D eigenvalue weighted by molar-refractivity contribution is 0.0860. The van der Waals surface area contributed by atoms with Crippen LogP contribution in [-0.4, -0.2) is 30.1 Å². The lowest BCUT2D eigenvalue weighted by atomic mass is 10.2. The molecule has 118 valence electrons. The van der Waals surface area contributed by atoms with E-state index in [0.29, 0.717) is 11.4 Å². The van der Waals surface area contributed by atoms with Crippen LogP contribution in [0.2, 0.25) is 0 Å². The molecule has 7 heteroatoms. The number of hydrogen-bond acceptors (Lipinski definition) is 4. The second kappa shape index (κ2) is 6.02. The van der Waals surface area contributed by atoms with Gasteiger partial charge < -0.3 is 0 Å². The maximum atomic E-state index is 12.3. The predicted molar refractivity (Wildman–Crippen MR) is 83.3 cm³/mol. The van der Waals surface area contributed by atoms with Crippen molar-refractivity contribution in [2.75, 3.05) is 0 Å². The Kier molecular flexibility index (Phi) is 4.48. The SMILES string of the molecule is Cc1ccc(S(=O)(=O)NC(C)C(=O)n2nc(C)cc2C)cc1.